The maximum atomic E-state index is 5.61. The molecule has 6 N–H and O–H groups in total. The summed E-state index contributed by atoms with van der Waals surface area (Å²) in [7, 11) is 0. The Bertz CT molecular complexity index is 418. The average Bonchev–Trinajstić information content (AvgIpc) is 2.55. The zero-order chi connectivity index (χ0) is 16.1. The smallest absolute Gasteiger partial charge is 0.0849 e. The number of benzene rings is 2. The van der Waals surface area contributed by atoms with Crippen LogP contribution < -0.4 is 22.1 Å². The molecule has 4 nitrogen and oxygen atoms in total. The van der Waals surface area contributed by atoms with Crippen LogP contribution in [0.1, 0.15) is 27.7 Å². The van der Waals surface area contributed by atoms with E-state index in [1.54, 1.807) is 0 Å². The van der Waals surface area contributed by atoms with Gasteiger partial charge in [-0.25, -0.2) is 0 Å². The molecule has 0 aromatic heterocycles. The monoisotopic (exact) mass is 288 g/mol. The summed E-state index contributed by atoms with van der Waals surface area (Å²) in [6.07, 6.45) is 0. The topological polar surface area (TPSA) is 76.1 Å². The highest BCUT2D eigenvalue weighted by Gasteiger charge is 1.92. The molecule has 0 heterocycles. The summed E-state index contributed by atoms with van der Waals surface area (Å²) in [5, 5.41) is 6.47. The van der Waals surface area contributed by atoms with Crippen LogP contribution in [0.3, 0.4) is 0 Å². The molecule has 0 aliphatic rings. The fourth-order valence-corrected chi connectivity index (χ4v) is 1.45. The van der Waals surface area contributed by atoms with Gasteiger partial charge in [0.1, 0.15) is 0 Å². The molecule has 0 saturated carbocycles. The summed E-state index contributed by atoms with van der Waals surface area (Å²) in [4.78, 5) is 0. The highest BCUT2D eigenvalue weighted by molar-refractivity contribution is 5.54. The molecule has 21 heavy (non-hydrogen) atoms. The summed E-state index contributed by atoms with van der Waals surface area (Å²) < 4.78 is 0. The number of hydrogen-bond donors (Lipinski definition) is 4. The molecule has 0 saturated heterocycles. The third-order valence-corrected chi connectivity index (χ3v) is 2.41. The number of hydrogen-bond acceptors (Lipinski definition) is 4. The van der Waals surface area contributed by atoms with Crippen LogP contribution in [-0.4, -0.2) is 6.67 Å². The average molecular weight is 288 g/mol. The van der Waals surface area contributed by atoms with Gasteiger partial charge in [0.15, 0.2) is 0 Å². The van der Waals surface area contributed by atoms with Crippen LogP contribution in [-0.2, 0) is 0 Å². The van der Waals surface area contributed by atoms with Gasteiger partial charge in [-0.15, -0.1) is 0 Å². The van der Waals surface area contributed by atoms with E-state index >= 15 is 0 Å². The minimum Gasteiger partial charge on any atom is -0.399 e. The van der Waals surface area contributed by atoms with Gasteiger partial charge in [-0.05, 0) is 48.5 Å². The van der Waals surface area contributed by atoms with Crippen molar-refractivity contribution in [3.05, 3.63) is 48.5 Å². The second kappa shape index (κ2) is 11.5. The first-order valence-electron chi connectivity index (χ1n) is 7.43. The second-order valence-corrected chi connectivity index (χ2v) is 3.77. The third-order valence-electron chi connectivity index (χ3n) is 2.41. The van der Waals surface area contributed by atoms with E-state index in [1.165, 1.54) is 0 Å². The van der Waals surface area contributed by atoms with Crippen LogP contribution >= 0.6 is 0 Å². The van der Waals surface area contributed by atoms with E-state index in [0.29, 0.717) is 6.67 Å². The maximum Gasteiger partial charge on any atom is 0.0849 e. The SMILES string of the molecule is CC.CC.Nc1ccc(NCNc2ccc(N)cc2)cc1. The van der Waals surface area contributed by atoms with E-state index in [2.05, 4.69) is 10.6 Å². The molecular formula is C17H28N4. The van der Waals surface area contributed by atoms with Crippen LogP contribution in [0.5, 0.6) is 0 Å². The molecule has 116 valence electrons. The van der Waals surface area contributed by atoms with Crippen molar-refractivity contribution < 1.29 is 0 Å². The normalized spacial score (nSPS) is 8.57. The number of nitrogens with one attached hydrogen (secondary N) is 2. The van der Waals surface area contributed by atoms with E-state index < -0.39 is 0 Å². The molecule has 0 aliphatic carbocycles. The molecule has 4 heteroatoms. The number of anilines is 4. The van der Waals surface area contributed by atoms with Gasteiger partial charge < -0.3 is 22.1 Å². The molecular weight excluding hydrogens is 260 g/mol. The van der Waals surface area contributed by atoms with Crippen molar-refractivity contribution in [1.82, 2.24) is 0 Å². The van der Waals surface area contributed by atoms with Crippen LogP contribution in [0.25, 0.3) is 0 Å². The van der Waals surface area contributed by atoms with Crippen molar-refractivity contribution >= 4 is 22.7 Å². The van der Waals surface area contributed by atoms with Crippen molar-refractivity contribution in [3.63, 3.8) is 0 Å². The van der Waals surface area contributed by atoms with Crippen molar-refractivity contribution in [3.8, 4) is 0 Å². The van der Waals surface area contributed by atoms with Gasteiger partial charge in [-0.1, -0.05) is 27.7 Å². The van der Waals surface area contributed by atoms with Crippen LogP contribution in [0, 0.1) is 0 Å². The molecule has 2 aromatic carbocycles. The van der Waals surface area contributed by atoms with Crippen molar-refractivity contribution in [2.45, 2.75) is 27.7 Å². The molecule has 2 aromatic rings. The Morgan fingerprint density at radius 3 is 1.19 bits per heavy atom. The van der Waals surface area contributed by atoms with E-state index in [1.807, 2.05) is 76.2 Å². The molecule has 0 unspecified atom stereocenters. The Labute approximate surface area is 128 Å². The Kier molecular flexibility index (Phi) is 10.2. The van der Waals surface area contributed by atoms with E-state index in [9.17, 15) is 0 Å². The lowest BCUT2D eigenvalue weighted by atomic mass is 10.3. The molecule has 0 atom stereocenters. The van der Waals surface area contributed by atoms with Crippen LogP contribution in [0.2, 0.25) is 0 Å². The lowest BCUT2D eigenvalue weighted by Crippen LogP contribution is -2.11. The number of rotatable bonds is 4. The minimum atomic E-state index is 0.647. The first-order chi connectivity index (χ1) is 10.2. The maximum absolute atomic E-state index is 5.61. The largest absolute Gasteiger partial charge is 0.399 e. The molecule has 0 amide bonds. The quantitative estimate of drug-likeness (QED) is 0.497. The Morgan fingerprint density at radius 1 is 0.619 bits per heavy atom. The number of nitrogens with two attached hydrogens (primary N) is 2. The Hall–Kier alpha value is -2.36. The summed E-state index contributed by atoms with van der Waals surface area (Å²) in [5.41, 5.74) is 14.8. The molecule has 0 radical (unpaired) electrons. The first-order valence-corrected chi connectivity index (χ1v) is 7.43. The minimum absolute atomic E-state index is 0.647. The Morgan fingerprint density at radius 2 is 0.905 bits per heavy atom. The highest BCUT2D eigenvalue weighted by atomic mass is 15.1. The summed E-state index contributed by atoms with van der Waals surface area (Å²) >= 11 is 0. The lowest BCUT2D eigenvalue weighted by Gasteiger charge is -2.09. The van der Waals surface area contributed by atoms with E-state index in [4.69, 9.17) is 11.5 Å². The molecule has 0 bridgehead atoms. The van der Waals surface area contributed by atoms with Gasteiger partial charge in [0.25, 0.3) is 0 Å². The second-order valence-electron chi connectivity index (χ2n) is 3.77. The van der Waals surface area contributed by atoms with Gasteiger partial charge in [0.05, 0.1) is 6.67 Å². The van der Waals surface area contributed by atoms with Crippen LogP contribution in [0.15, 0.2) is 48.5 Å². The summed E-state index contributed by atoms with van der Waals surface area (Å²) in [6, 6.07) is 15.2. The fraction of sp³-hybridized carbons (Fsp3) is 0.294. The van der Waals surface area contributed by atoms with Crippen molar-refractivity contribution in [1.29, 1.82) is 0 Å². The zero-order valence-corrected chi connectivity index (χ0v) is 13.5. The Balaban J connectivity index is 0.000000921. The van der Waals surface area contributed by atoms with Gasteiger partial charge in [0, 0.05) is 22.7 Å². The molecule has 0 aliphatic heterocycles. The van der Waals surface area contributed by atoms with Gasteiger partial charge in [-0.3, -0.25) is 0 Å². The number of nitrogen functional groups attached to an aromatic ring is 2. The molecule has 0 fully saturated rings. The van der Waals surface area contributed by atoms with Crippen LogP contribution in [0.4, 0.5) is 22.7 Å². The highest BCUT2D eigenvalue weighted by Crippen LogP contribution is 2.12. The standard InChI is InChI=1S/C13H16N4.2C2H6/c14-10-1-5-12(6-2-10)16-9-17-13-7-3-11(15)4-8-13;2*1-2/h1-8,16-17H,9,14-15H2;2*1-2H3. The van der Waals surface area contributed by atoms with Gasteiger partial charge in [-0.2, -0.15) is 0 Å². The predicted molar refractivity (Wildman–Crippen MR) is 96.5 cm³/mol. The molecule has 0 spiro atoms. The van der Waals surface area contributed by atoms with E-state index in [-0.39, 0.29) is 0 Å². The summed E-state index contributed by atoms with van der Waals surface area (Å²) in [6.45, 7) is 8.65. The first kappa shape index (κ1) is 18.6. The lowest BCUT2D eigenvalue weighted by molar-refractivity contribution is 1.22. The van der Waals surface area contributed by atoms with Crippen molar-refractivity contribution in [2.75, 3.05) is 28.8 Å². The van der Waals surface area contributed by atoms with Gasteiger partial charge in [0.2, 0.25) is 0 Å². The molecule has 2 rings (SSSR count). The zero-order valence-electron chi connectivity index (χ0n) is 13.5. The van der Waals surface area contributed by atoms with E-state index in [0.717, 1.165) is 22.7 Å². The third kappa shape index (κ3) is 7.72. The summed E-state index contributed by atoms with van der Waals surface area (Å²) in [5.74, 6) is 0. The fourth-order valence-electron chi connectivity index (χ4n) is 1.45. The van der Waals surface area contributed by atoms with Crippen molar-refractivity contribution in [2.24, 2.45) is 0 Å². The van der Waals surface area contributed by atoms with Gasteiger partial charge >= 0.3 is 0 Å². The predicted octanol–water partition coefficient (Wildman–Crippen LogP) is 4.38.